The van der Waals surface area contributed by atoms with Gasteiger partial charge in [0.2, 0.25) is 0 Å². The van der Waals surface area contributed by atoms with E-state index in [1.54, 1.807) is 18.8 Å². The van der Waals surface area contributed by atoms with Crippen molar-refractivity contribution >= 4 is 17.7 Å². The summed E-state index contributed by atoms with van der Waals surface area (Å²) >= 11 is 1.80. The third kappa shape index (κ3) is 4.43. The van der Waals surface area contributed by atoms with Crippen LogP contribution in [-0.2, 0) is 9.53 Å². The highest BCUT2D eigenvalue weighted by molar-refractivity contribution is 8.00. The Morgan fingerprint density at radius 3 is 2.33 bits per heavy atom. The van der Waals surface area contributed by atoms with E-state index in [9.17, 15) is 4.79 Å². The summed E-state index contributed by atoms with van der Waals surface area (Å²) in [5.41, 5.74) is -0.581. The van der Waals surface area contributed by atoms with Crippen molar-refractivity contribution in [2.75, 3.05) is 19.9 Å². The molecule has 0 fully saturated rings. The van der Waals surface area contributed by atoms with Gasteiger partial charge in [0.15, 0.2) is 0 Å². The van der Waals surface area contributed by atoms with Gasteiger partial charge in [0.1, 0.15) is 5.54 Å². The van der Waals surface area contributed by atoms with Crippen LogP contribution in [0.5, 0.6) is 0 Å². The lowest BCUT2D eigenvalue weighted by molar-refractivity contribution is -0.146. The number of esters is 1. The van der Waals surface area contributed by atoms with Gasteiger partial charge in [0, 0.05) is 11.0 Å². The molecule has 1 N–H and O–H groups in total. The zero-order valence-electron chi connectivity index (χ0n) is 10.6. The highest BCUT2D eigenvalue weighted by Gasteiger charge is 2.33. The number of rotatable bonds is 6. The van der Waals surface area contributed by atoms with E-state index in [2.05, 4.69) is 26.1 Å². The lowest BCUT2D eigenvalue weighted by Gasteiger charge is -2.27. The standard InChI is InChI=1S/C11H23NO2S/c1-8(2)9(3)15-7-11(4,12-5)10(13)14-6/h8-9,12H,7H2,1-6H3. The first-order valence-corrected chi connectivity index (χ1v) is 6.31. The lowest BCUT2D eigenvalue weighted by atomic mass is 10.1. The Hall–Kier alpha value is -0.220. The van der Waals surface area contributed by atoms with E-state index in [4.69, 9.17) is 4.74 Å². The number of carbonyl (C=O) groups is 1. The van der Waals surface area contributed by atoms with Crippen molar-refractivity contribution in [2.24, 2.45) is 5.92 Å². The van der Waals surface area contributed by atoms with Crippen molar-refractivity contribution in [2.45, 2.75) is 38.5 Å². The third-order valence-electron chi connectivity index (χ3n) is 2.76. The molecule has 0 rings (SSSR count). The van der Waals surface area contributed by atoms with Crippen molar-refractivity contribution in [1.82, 2.24) is 5.32 Å². The summed E-state index contributed by atoms with van der Waals surface area (Å²) in [6.45, 7) is 8.43. The molecule has 0 saturated carbocycles. The van der Waals surface area contributed by atoms with Crippen molar-refractivity contribution in [3.05, 3.63) is 0 Å². The lowest BCUT2D eigenvalue weighted by Crippen LogP contribution is -2.50. The van der Waals surface area contributed by atoms with Crippen LogP contribution < -0.4 is 5.32 Å². The van der Waals surface area contributed by atoms with Gasteiger partial charge in [0.25, 0.3) is 0 Å². The second-order valence-corrected chi connectivity index (χ2v) is 5.70. The summed E-state index contributed by atoms with van der Waals surface area (Å²) in [7, 11) is 3.21. The fourth-order valence-electron chi connectivity index (χ4n) is 0.949. The van der Waals surface area contributed by atoms with E-state index < -0.39 is 5.54 Å². The summed E-state index contributed by atoms with van der Waals surface area (Å²) in [4.78, 5) is 11.5. The smallest absolute Gasteiger partial charge is 0.326 e. The van der Waals surface area contributed by atoms with Crippen molar-refractivity contribution in [3.63, 3.8) is 0 Å². The molecule has 0 aromatic heterocycles. The molecule has 0 aliphatic heterocycles. The van der Waals surface area contributed by atoms with Crippen LogP contribution in [0, 0.1) is 5.92 Å². The molecule has 0 aliphatic rings. The van der Waals surface area contributed by atoms with Gasteiger partial charge in [-0.15, -0.1) is 0 Å². The molecule has 0 heterocycles. The first-order valence-electron chi connectivity index (χ1n) is 5.26. The Kier molecular flexibility index (Phi) is 6.29. The maximum absolute atomic E-state index is 11.5. The number of thioether (sulfide) groups is 1. The quantitative estimate of drug-likeness (QED) is 0.711. The molecule has 0 aromatic rings. The molecule has 0 aromatic carbocycles. The van der Waals surface area contributed by atoms with Crippen LogP contribution in [0.15, 0.2) is 0 Å². The highest BCUT2D eigenvalue weighted by Crippen LogP contribution is 2.23. The molecular formula is C11H23NO2S. The molecule has 2 atom stereocenters. The number of likely N-dealkylation sites (N-methyl/N-ethyl adjacent to an activating group) is 1. The number of ether oxygens (including phenoxy) is 1. The fraction of sp³-hybridized carbons (Fsp3) is 0.909. The molecule has 0 aliphatic carbocycles. The number of nitrogens with one attached hydrogen (secondary N) is 1. The van der Waals surface area contributed by atoms with Crippen molar-refractivity contribution in [3.8, 4) is 0 Å². The van der Waals surface area contributed by atoms with Crippen LogP contribution in [0.4, 0.5) is 0 Å². The largest absolute Gasteiger partial charge is 0.468 e. The summed E-state index contributed by atoms with van der Waals surface area (Å²) in [5, 5.41) is 3.57. The average molecular weight is 233 g/mol. The molecule has 0 radical (unpaired) electrons. The molecular weight excluding hydrogens is 210 g/mol. The van der Waals surface area contributed by atoms with Gasteiger partial charge in [-0.05, 0) is 19.9 Å². The van der Waals surface area contributed by atoms with E-state index in [-0.39, 0.29) is 5.97 Å². The molecule has 2 unspecified atom stereocenters. The van der Waals surface area contributed by atoms with Gasteiger partial charge in [-0.2, -0.15) is 11.8 Å². The second-order valence-electron chi connectivity index (χ2n) is 4.33. The first-order chi connectivity index (χ1) is 6.87. The van der Waals surface area contributed by atoms with Crippen LogP contribution >= 0.6 is 11.8 Å². The van der Waals surface area contributed by atoms with Crippen LogP contribution in [0.1, 0.15) is 27.7 Å². The topological polar surface area (TPSA) is 38.3 Å². The van der Waals surface area contributed by atoms with Gasteiger partial charge >= 0.3 is 5.97 Å². The maximum Gasteiger partial charge on any atom is 0.326 e. The second kappa shape index (κ2) is 6.38. The van der Waals surface area contributed by atoms with Crippen LogP contribution in [0.2, 0.25) is 0 Å². The summed E-state index contributed by atoms with van der Waals surface area (Å²) < 4.78 is 4.78. The Bertz CT molecular complexity index is 209. The van der Waals surface area contributed by atoms with E-state index in [1.165, 1.54) is 7.11 Å². The van der Waals surface area contributed by atoms with Crippen molar-refractivity contribution in [1.29, 1.82) is 0 Å². The third-order valence-corrected chi connectivity index (χ3v) is 4.58. The molecule has 4 heteroatoms. The van der Waals surface area contributed by atoms with Gasteiger partial charge in [-0.3, -0.25) is 4.79 Å². The predicted octanol–water partition coefficient (Wildman–Crippen LogP) is 1.92. The minimum Gasteiger partial charge on any atom is -0.468 e. The zero-order chi connectivity index (χ0) is 12.1. The van der Waals surface area contributed by atoms with E-state index >= 15 is 0 Å². The van der Waals surface area contributed by atoms with E-state index in [1.807, 2.05) is 6.92 Å². The number of carbonyl (C=O) groups excluding carboxylic acids is 1. The molecule has 0 saturated heterocycles. The summed E-state index contributed by atoms with van der Waals surface area (Å²) in [5.74, 6) is 1.15. The number of hydrogen-bond acceptors (Lipinski definition) is 4. The maximum atomic E-state index is 11.5. The van der Waals surface area contributed by atoms with Gasteiger partial charge in [-0.1, -0.05) is 20.8 Å². The zero-order valence-corrected chi connectivity index (χ0v) is 11.4. The normalized spacial score (nSPS) is 17.3. The minimum absolute atomic E-state index is 0.201. The van der Waals surface area contributed by atoms with E-state index in [0.29, 0.717) is 11.2 Å². The Labute approximate surface area is 97.3 Å². The molecule has 0 amide bonds. The number of methoxy groups -OCH3 is 1. The highest BCUT2D eigenvalue weighted by atomic mass is 32.2. The van der Waals surface area contributed by atoms with Crippen LogP contribution in [0.3, 0.4) is 0 Å². The first kappa shape index (κ1) is 14.8. The predicted molar refractivity (Wildman–Crippen MR) is 66.2 cm³/mol. The van der Waals surface area contributed by atoms with E-state index in [0.717, 1.165) is 5.75 Å². The van der Waals surface area contributed by atoms with Gasteiger partial charge in [-0.25, -0.2) is 0 Å². The summed E-state index contributed by atoms with van der Waals surface area (Å²) in [6, 6.07) is 0. The molecule has 3 nitrogen and oxygen atoms in total. The monoisotopic (exact) mass is 233 g/mol. The Balaban J connectivity index is 4.27. The van der Waals surface area contributed by atoms with Crippen LogP contribution in [0.25, 0.3) is 0 Å². The Morgan fingerprint density at radius 1 is 1.47 bits per heavy atom. The molecule has 90 valence electrons. The average Bonchev–Trinajstić information content (AvgIpc) is 2.23. The van der Waals surface area contributed by atoms with Gasteiger partial charge < -0.3 is 10.1 Å². The number of hydrogen-bond donors (Lipinski definition) is 1. The summed E-state index contributed by atoms with van der Waals surface area (Å²) in [6.07, 6.45) is 0. The Morgan fingerprint density at radius 2 is 2.00 bits per heavy atom. The van der Waals surface area contributed by atoms with Gasteiger partial charge in [0.05, 0.1) is 7.11 Å². The van der Waals surface area contributed by atoms with Crippen LogP contribution in [-0.4, -0.2) is 36.7 Å². The fourth-order valence-corrected chi connectivity index (χ4v) is 2.19. The van der Waals surface area contributed by atoms with Crippen molar-refractivity contribution < 1.29 is 9.53 Å². The molecule has 15 heavy (non-hydrogen) atoms. The molecule has 0 bridgehead atoms. The SMILES string of the molecule is CNC(C)(CSC(C)C(C)C)C(=O)OC. The minimum atomic E-state index is -0.581. The molecule has 0 spiro atoms.